The van der Waals surface area contributed by atoms with Crippen LogP contribution in [0, 0.1) is 0 Å². The molecule has 2 atom stereocenters. The molecule has 1 aromatic rings. The van der Waals surface area contributed by atoms with Gasteiger partial charge in [0.15, 0.2) is 0 Å². The van der Waals surface area contributed by atoms with Crippen molar-refractivity contribution in [1.29, 1.82) is 0 Å². The van der Waals surface area contributed by atoms with E-state index in [4.69, 9.17) is 5.73 Å². The predicted molar refractivity (Wildman–Crippen MR) is 87.7 cm³/mol. The molecule has 0 radical (unpaired) electrons. The van der Waals surface area contributed by atoms with Gasteiger partial charge in [0.1, 0.15) is 0 Å². The van der Waals surface area contributed by atoms with Gasteiger partial charge in [-0.05, 0) is 50.3 Å². The van der Waals surface area contributed by atoms with Crippen molar-refractivity contribution in [2.24, 2.45) is 5.73 Å². The molecule has 0 bridgehead atoms. The first-order valence-corrected chi connectivity index (χ1v) is 8.40. The SMILES string of the molecule is CSCC(C)N(C)c1ccc(Br)cc1CC(C)N. The van der Waals surface area contributed by atoms with Crippen molar-refractivity contribution < 1.29 is 0 Å². The molecule has 0 aliphatic rings. The molecule has 0 saturated carbocycles. The number of halogens is 1. The van der Waals surface area contributed by atoms with E-state index < -0.39 is 0 Å². The van der Waals surface area contributed by atoms with Crippen LogP contribution in [0.2, 0.25) is 0 Å². The maximum atomic E-state index is 5.94. The standard InChI is InChI=1S/C14H23BrN2S/c1-10(16)7-12-8-13(15)5-6-14(12)17(3)11(2)9-18-4/h5-6,8,10-11H,7,9,16H2,1-4H3. The molecule has 18 heavy (non-hydrogen) atoms. The van der Waals surface area contributed by atoms with Crippen molar-refractivity contribution >= 4 is 33.4 Å². The van der Waals surface area contributed by atoms with Crippen LogP contribution in [-0.2, 0) is 6.42 Å². The first-order chi connectivity index (χ1) is 8.45. The number of anilines is 1. The van der Waals surface area contributed by atoms with E-state index in [1.54, 1.807) is 0 Å². The molecule has 2 nitrogen and oxygen atoms in total. The van der Waals surface area contributed by atoms with Crippen LogP contribution in [0.3, 0.4) is 0 Å². The highest BCUT2D eigenvalue weighted by Crippen LogP contribution is 2.26. The van der Waals surface area contributed by atoms with Crippen molar-refractivity contribution in [2.75, 3.05) is 24.0 Å². The molecule has 0 heterocycles. The summed E-state index contributed by atoms with van der Waals surface area (Å²) in [5.74, 6) is 1.13. The molecule has 0 aliphatic carbocycles. The molecule has 0 spiro atoms. The Morgan fingerprint density at radius 2 is 2.06 bits per heavy atom. The molecular formula is C14H23BrN2S. The van der Waals surface area contributed by atoms with Gasteiger partial charge < -0.3 is 10.6 Å². The number of rotatable bonds is 6. The number of hydrogen-bond donors (Lipinski definition) is 1. The predicted octanol–water partition coefficient (Wildman–Crippen LogP) is 3.53. The highest BCUT2D eigenvalue weighted by atomic mass is 79.9. The third-order valence-corrected chi connectivity index (χ3v) is 4.34. The fourth-order valence-corrected chi connectivity index (χ4v) is 3.11. The lowest BCUT2D eigenvalue weighted by atomic mass is 10.0. The fraction of sp³-hybridized carbons (Fsp3) is 0.571. The van der Waals surface area contributed by atoms with Gasteiger partial charge in [-0.25, -0.2) is 0 Å². The van der Waals surface area contributed by atoms with Crippen LogP contribution in [0.4, 0.5) is 5.69 Å². The van der Waals surface area contributed by atoms with Crippen molar-refractivity contribution in [1.82, 2.24) is 0 Å². The van der Waals surface area contributed by atoms with Crippen molar-refractivity contribution in [3.05, 3.63) is 28.2 Å². The summed E-state index contributed by atoms with van der Waals surface area (Å²) in [5, 5.41) is 0. The molecule has 0 amide bonds. The Morgan fingerprint density at radius 1 is 1.39 bits per heavy atom. The quantitative estimate of drug-likeness (QED) is 0.865. The molecule has 0 aliphatic heterocycles. The summed E-state index contributed by atoms with van der Waals surface area (Å²) in [7, 11) is 2.16. The zero-order valence-corrected chi connectivity index (χ0v) is 14.0. The molecule has 2 N–H and O–H groups in total. The maximum Gasteiger partial charge on any atom is 0.0400 e. The van der Waals surface area contributed by atoms with E-state index in [1.807, 2.05) is 11.8 Å². The minimum atomic E-state index is 0.183. The lowest BCUT2D eigenvalue weighted by molar-refractivity contribution is 0.720. The fourth-order valence-electron chi connectivity index (χ4n) is 2.00. The Morgan fingerprint density at radius 3 is 2.61 bits per heavy atom. The Hall–Kier alpha value is -0.190. The highest BCUT2D eigenvalue weighted by molar-refractivity contribution is 9.10. The van der Waals surface area contributed by atoms with E-state index in [9.17, 15) is 0 Å². The second-order valence-corrected chi connectivity index (χ2v) is 6.70. The minimum absolute atomic E-state index is 0.183. The lowest BCUT2D eigenvalue weighted by Crippen LogP contribution is -2.32. The molecule has 0 fully saturated rings. The van der Waals surface area contributed by atoms with E-state index in [2.05, 4.69) is 66.2 Å². The number of benzene rings is 1. The van der Waals surface area contributed by atoms with Crippen LogP contribution in [0.15, 0.2) is 22.7 Å². The van der Waals surface area contributed by atoms with Crippen LogP contribution < -0.4 is 10.6 Å². The summed E-state index contributed by atoms with van der Waals surface area (Å²) in [5.41, 5.74) is 8.54. The van der Waals surface area contributed by atoms with Gasteiger partial charge in [-0.1, -0.05) is 15.9 Å². The van der Waals surface area contributed by atoms with E-state index in [-0.39, 0.29) is 6.04 Å². The molecule has 0 aromatic heterocycles. The van der Waals surface area contributed by atoms with Crippen LogP contribution in [0.25, 0.3) is 0 Å². The average Bonchev–Trinajstić information content (AvgIpc) is 2.28. The molecular weight excluding hydrogens is 308 g/mol. The van der Waals surface area contributed by atoms with Gasteiger partial charge in [0.05, 0.1) is 0 Å². The van der Waals surface area contributed by atoms with Crippen LogP contribution in [-0.4, -0.2) is 31.1 Å². The Bertz CT molecular complexity index is 382. The largest absolute Gasteiger partial charge is 0.371 e. The maximum absolute atomic E-state index is 5.94. The van der Waals surface area contributed by atoms with Crippen molar-refractivity contribution in [2.45, 2.75) is 32.4 Å². The topological polar surface area (TPSA) is 29.3 Å². The Kier molecular flexibility index (Phi) is 6.53. The average molecular weight is 331 g/mol. The van der Waals surface area contributed by atoms with Crippen molar-refractivity contribution in [3.8, 4) is 0 Å². The molecule has 102 valence electrons. The van der Waals surface area contributed by atoms with E-state index >= 15 is 0 Å². The third-order valence-electron chi connectivity index (χ3n) is 3.03. The van der Waals surface area contributed by atoms with E-state index in [0.29, 0.717) is 6.04 Å². The van der Waals surface area contributed by atoms with Gasteiger partial charge in [-0.2, -0.15) is 11.8 Å². The molecule has 1 rings (SSSR count). The van der Waals surface area contributed by atoms with Gasteiger partial charge in [0, 0.05) is 35.0 Å². The summed E-state index contributed by atoms with van der Waals surface area (Å²) in [6.07, 6.45) is 3.06. The molecule has 4 heteroatoms. The van der Waals surface area contributed by atoms with Crippen LogP contribution >= 0.6 is 27.7 Å². The first kappa shape index (κ1) is 15.9. The second kappa shape index (κ2) is 7.41. The lowest BCUT2D eigenvalue weighted by Gasteiger charge is -2.29. The smallest absolute Gasteiger partial charge is 0.0400 e. The van der Waals surface area contributed by atoms with E-state index in [1.165, 1.54) is 11.3 Å². The number of nitrogens with zero attached hydrogens (tertiary/aromatic N) is 1. The van der Waals surface area contributed by atoms with Gasteiger partial charge in [-0.15, -0.1) is 0 Å². The molecule has 1 aromatic carbocycles. The number of thioether (sulfide) groups is 1. The summed E-state index contributed by atoms with van der Waals surface area (Å²) in [6, 6.07) is 7.16. The van der Waals surface area contributed by atoms with Gasteiger partial charge >= 0.3 is 0 Å². The van der Waals surface area contributed by atoms with Crippen LogP contribution in [0.1, 0.15) is 19.4 Å². The second-order valence-electron chi connectivity index (χ2n) is 4.87. The summed E-state index contributed by atoms with van der Waals surface area (Å²) < 4.78 is 1.12. The van der Waals surface area contributed by atoms with Gasteiger partial charge in [0.2, 0.25) is 0 Å². The van der Waals surface area contributed by atoms with Gasteiger partial charge in [0.25, 0.3) is 0 Å². The highest BCUT2D eigenvalue weighted by Gasteiger charge is 2.14. The zero-order valence-electron chi connectivity index (χ0n) is 11.6. The van der Waals surface area contributed by atoms with E-state index in [0.717, 1.165) is 16.6 Å². The Balaban J connectivity index is 2.99. The molecule has 0 saturated heterocycles. The minimum Gasteiger partial charge on any atom is -0.371 e. The normalized spacial score (nSPS) is 14.3. The van der Waals surface area contributed by atoms with Crippen LogP contribution in [0.5, 0.6) is 0 Å². The summed E-state index contributed by atoms with van der Waals surface area (Å²) >= 11 is 5.42. The first-order valence-electron chi connectivity index (χ1n) is 6.21. The number of nitrogens with two attached hydrogens (primary N) is 1. The van der Waals surface area contributed by atoms with Crippen molar-refractivity contribution in [3.63, 3.8) is 0 Å². The Labute approximate surface area is 123 Å². The van der Waals surface area contributed by atoms with Gasteiger partial charge in [-0.3, -0.25) is 0 Å². The molecule has 2 unspecified atom stereocenters. The zero-order chi connectivity index (χ0) is 13.7. The summed E-state index contributed by atoms with van der Waals surface area (Å²) in [4.78, 5) is 2.35. The summed E-state index contributed by atoms with van der Waals surface area (Å²) in [6.45, 7) is 4.31. The monoisotopic (exact) mass is 330 g/mol. The third kappa shape index (κ3) is 4.48. The number of hydrogen-bond acceptors (Lipinski definition) is 3.